The van der Waals surface area contributed by atoms with Gasteiger partial charge in [-0.15, -0.1) is 0 Å². The van der Waals surface area contributed by atoms with Gasteiger partial charge in [0, 0.05) is 17.6 Å². The summed E-state index contributed by atoms with van der Waals surface area (Å²) in [6.07, 6.45) is 6.85. The van der Waals surface area contributed by atoms with Crippen molar-refractivity contribution < 1.29 is 17.9 Å². The van der Waals surface area contributed by atoms with Crippen LogP contribution >= 0.6 is 0 Å². The molecule has 0 aromatic heterocycles. The molecule has 2 aromatic carbocycles. The molecule has 0 heterocycles. The standard InChI is InChI=1S/C22H21F3O/c1-2-3-14-26-17-9-6-8-16(15-17)18-10-4-5-13-22(18,25)19-11-7-12-20(23)21(19)24/h4-12,15H,2-3,13-14H2,1H3. The maximum atomic E-state index is 16.0. The van der Waals surface area contributed by atoms with E-state index in [9.17, 15) is 8.78 Å². The second kappa shape index (κ2) is 7.81. The molecule has 0 bridgehead atoms. The van der Waals surface area contributed by atoms with E-state index in [1.807, 2.05) is 0 Å². The first kappa shape index (κ1) is 18.3. The summed E-state index contributed by atoms with van der Waals surface area (Å²) in [5, 5.41) is 0. The monoisotopic (exact) mass is 358 g/mol. The second-order valence-corrected chi connectivity index (χ2v) is 6.35. The van der Waals surface area contributed by atoms with E-state index in [0.717, 1.165) is 18.9 Å². The van der Waals surface area contributed by atoms with Crippen LogP contribution in [0.15, 0.2) is 60.7 Å². The predicted octanol–water partition coefficient (Wildman–Crippen LogP) is 6.35. The highest BCUT2D eigenvalue weighted by atomic mass is 19.2. The number of benzene rings is 2. The van der Waals surface area contributed by atoms with Crippen molar-refractivity contribution in [1.29, 1.82) is 0 Å². The Hall–Kier alpha value is -2.49. The Morgan fingerprint density at radius 3 is 2.73 bits per heavy atom. The minimum atomic E-state index is -2.14. The molecule has 136 valence electrons. The number of alkyl halides is 1. The zero-order valence-corrected chi connectivity index (χ0v) is 14.6. The van der Waals surface area contributed by atoms with Crippen molar-refractivity contribution in [3.63, 3.8) is 0 Å². The topological polar surface area (TPSA) is 9.23 Å². The van der Waals surface area contributed by atoms with Gasteiger partial charge in [-0.05, 0) is 30.2 Å². The molecule has 0 saturated heterocycles. The first-order valence-electron chi connectivity index (χ1n) is 8.80. The SMILES string of the molecule is CCCCOc1cccc(C2=CC=CCC2(F)c2cccc(F)c2F)c1. The lowest BCUT2D eigenvalue weighted by molar-refractivity contribution is 0.238. The quantitative estimate of drug-likeness (QED) is 0.547. The van der Waals surface area contributed by atoms with Crippen molar-refractivity contribution in [2.45, 2.75) is 31.9 Å². The molecule has 0 amide bonds. The van der Waals surface area contributed by atoms with Crippen molar-refractivity contribution in [3.05, 3.63) is 83.5 Å². The Morgan fingerprint density at radius 2 is 1.92 bits per heavy atom. The molecule has 0 saturated carbocycles. The predicted molar refractivity (Wildman–Crippen MR) is 97.7 cm³/mol. The fourth-order valence-corrected chi connectivity index (χ4v) is 3.11. The van der Waals surface area contributed by atoms with Gasteiger partial charge < -0.3 is 4.74 Å². The minimum absolute atomic E-state index is 0.0554. The van der Waals surface area contributed by atoms with Crippen molar-refractivity contribution in [1.82, 2.24) is 0 Å². The van der Waals surface area contributed by atoms with Crippen molar-refractivity contribution in [3.8, 4) is 5.75 Å². The highest BCUT2D eigenvalue weighted by molar-refractivity contribution is 5.77. The van der Waals surface area contributed by atoms with Gasteiger partial charge in [-0.2, -0.15) is 0 Å². The smallest absolute Gasteiger partial charge is 0.167 e. The lowest BCUT2D eigenvalue weighted by atomic mass is 9.78. The lowest BCUT2D eigenvalue weighted by Crippen LogP contribution is -2.25. The summed E-state index contributed by atoms with van der Waals surface area (Å²) in [6.45, 7) is 2.65. The highest BCUT2D eigenvalue weighted by Gasteiger charge is 2.40. The summed E-state index contributed by atoms with van der Waals surface area (Å²) in [6, 6.07) is 10.7. The minimum Gasteiger partial charge on any atom is -0.494 e. The second-order valence-electron chi connectivity index (χ2n) is 6.35. The average molecular weight is 358 g/mol. The third-order valence-electron chi connectivity index (χ3n) is 4.52. The Balaban J connectivity index is 1.99. The molecule has 1 nitrogen and oxygen atoms in total. The number of unbranched alkanes of at least 4 members (excludes halogenated alkanes) is 1. The van der Waals surface area contributed by atoms with E-state index >= 15 is 4.39 Å². The van der Waals surface area contributed by atoms with Crippen LogP contribution in [0.1, 0.15) is 37.3 Å². The van der Waals surface area contributed by atoms with E-state index in [2.05, 4.69) is 6.92 Å². The van der Waals surface area contributed by atoms with E-state index in [4.69, 9.17) is 4.74 Å². The van der Waals surface area contributed by atoms with Gasteiger partial charge >= 0.3 is 0 Å². The third-order valence-corrected chi connectivity index (χ3v) is 4.52. The molecule has 0 fully saturated rings. The molecule has 1 aliphatic carbocycles. The van der Waals surface area contributed by atoms with E-state index in [0.29, 0.717) is 23.5 Å². The highest BCUT2D eigenvalue weighted by Crippen LogP contribution is 2.46. The zero-order valence-electron chi connectivity index (χ0n) is 14.6. The lowest BCUT2D eigenvalue weighted by Gasteiger charge is -2.30. The molecule has 0 aliphatic heterocycles. The van der Waals surface area contributed by atoms with E-state index < -0.39 is 17.3 Å². The van der Waals surface area contributed by atoms with Gasteiger partial charge in [-0.1, -0.05) is 55.8 Å². The van der Waals surface area contributed by atoms with Crippen LogP contribution in [0.3, 0.4) is 0 Å². The van der Waals surface area contributed by atoms with E-state index in [-0.39, 0.29) is 12.0 Å². The van der Waals surface area contributed by atoms with Crippen molar-refractivity contribution in [2.24, 2.45) is 0 Å². The largest absolute Gasteiger partial charge is 0.494 e. The molecule has 0 spiro atoms. The Labute approximate surface area is 151 Å². The van der Waals surface area contributed by atoms with Gasteiger partial charge in [0.25, 0.3) is 0 Å². The summed E-state index contributed by atoms with van der Waals surface area (Å²) in [7, 11) is 0. The van der Waals surface area contributed by atoms with Crippen LogP contribution in [-0.2, 0) is 5.67 Å². The van der Waals surface area contributed by atoms with Crippen LogP contribution in [0.5, 0.6) is 5.75 Å². The van der Waals surface area contributed by atoms with Crippen LogP contribution in [-0.4, -0.2) is 6.61 Å². The first-order chi connectivity index (χ1) is 12.6. The maximum absolute atomic E-state index is 16.0. The van der Waals surface area contributed by atoms with Crippen LogP contribution < -0.4 is 4.74 Å². The zero-order chi connectivity index (χ0) is 18.6. The Kier molecular flexibility index (Phi) is 5.50. The van der Waals surface area contributed by atoms with Crippen molar-refractivity contribution >= 4 is 5.57 Å². The van der Waals surface area contributed by atoms with Crippen LogP contribution in [0.25, 0.3) is 5.57 Å². The van der Waals surface area contributed by atoms with E-state index in [1.165, 1.54) is 12.1 Å². The molecule has 0 radical (unpaired) electrons. The summed E-state index contributed by atoms with van der Waals surface area (Å²) < 4.78 is 49.6. The van der Waals surface area contributed by atoms with Crippen LogP contribution in [0.4, 0.5) is 13.2 Å². The molecule has 1 unspecified atom stereocenters. The summed E-state index contributed by atoms with van der Waals surface area (Å²) in [5.74, 6) is -1.56. The third kappa shape index (κ3) is 3.55. The number of allylic oxidation sites excluding steroid dienone is 4. The molecular weight excluding hydrogens is 337 g/mol. The van der Waals surface area contributed by atoms with Crippen LogP contribution in [0.2, 0.25) is 0 Å². The molecule has 26 heavy (non-hydrogen) atoms. The van der Waals surface area contributed by atoms with Gasteiger partial charge in [-0.25, -0.2) is 13.2 Å². The van der Waals surface area contributed by atoms with Gasteiger partial charge in [0.15, 0.2) is 17.3 Å². The fourth-order valence-electron chi connectivity index (χ4n) is 3.11. The summed E-state index contributed by atoms with van der Waals surface area (Å²) >= 11 is 0. The Bertz CT molecular complexity index is 841. The maximum Gasteiger partial charge on any atom is 0.167 e. The average Bonchev–Trinajstić information content (AvgIpc) is 2.65. The summed E-state index contributed by atoms with van der Waals surface area (Å²) in [4.78, 5) is 0. The van der Waals surface area contributed by atoms with Gasteiger partial charge in [0.05, 0.1) is 6.61 Å². The van der Waals surface area contributed by atoms with Gasteiger partial charge in [-0.3, -0.25) is 0 Å². The van der Waals surface area contributed by atoms with Gasteiger partial charge in [0.1, 0.15) is 5.75 Å². The molecule has 3 rings (SSSR count). The number of ether oxygens (including phenoxy) is 1. The normalized spacial score (nSPS) is 19.3. The molecular formula is C22H21F3O. The summed E-state index contributed by atoms with van der Waals surface area (Å²) in [5.41, 5.74) is -1.53. The van der Waals surface area contributed by atoms with Crippen molar-refractivity contribution in [2.75, 3.05) is 6.61 Å². The number of hydrogen-bond donors (Lipinski definition) is 0. The number of rotatable bonds is 6. The molecule has 1 aliphatic rings. The molecule has 4 heteroatoms. The van der Waals surface area contributed by atoms with E-state index in [1.54, 1.807) is 42.5 Å². The molecule has 1 atom stereocenters. The Morgan fingerprint density at radius 1 is 1.12 bits per heavy atom. The fraction of sp³-hybridized carbons (Fsp3) is 0.273. The van der Waals surface area contributed by atoms with Gasteiger partial charge in [0.2, 0.25) is 0 Å². The molecule has 0 N–H and O–H groups in total. The molecule has 2 aromatic rings. The number of hydrogen-bond acceptors (Lipinski definition) is 1. The number of halogens is 3. The van der Waals surface area contributed by atoms with Crippen LogP contribution in [0, 0.1) is 11.6 Å². The first-order valence-corrected chi connectivity index (χ1v) is 8.80.